The van der Waals surface area contributed by atoms with E-state index in [1.54, 1.807) is 65.6 Å². The normalized spacial score (nSPS) is 16.9. The monoisotopic (exact) mass is 756 g/mol. The fourth-order valence-corrected chi connectivity index (χ4v) is 6.33. The third-order valence-corrected chi connectivity index (χ3v) is 9.12. The van der Waals surface area contributed by atoms with Gasteiger partial charge in [-0.15, -0.1) is 0 Å². The Morgan fingerprint density at radius 3 is 2.11 bits per heavy atom. The van der Waals surface area contributed by atoms with Crippen molar-refractivity contribution in [2.24, 2.45) is 5.92 Å². The van der Waals surface area contributed by atoms with E-state index in [2.05, 4.69) is 27.0 Å². The molecule has 1 aromatic heterocycles. The van der Waals surface area contributed by atoms with E-state index in [1.165, 1.54) is 25.4 Å². The van der Waals surface area contributed by atoms with E-state index in [4.69, 9.17) is 14.2 Å². The Labute approximate surface area is 316 Å². The van der Waals surface area contributed by atoms with Crippen LogP contribution in [0.2, 0.25) is 0 Å². The van der Waals surface area contributed by atoms with Crippen LogP contribution in [-0.4, -0.2) is 85.3 Å². The molecule has 55 heavy (non-hydrogen) atoms. The molecule has 288 valence electrons. The molecule has 0 spiro atoms. The molecule has 0 aliphatic carbocycles. The summed E-state index contributed by atoms with van der Waals surface area (Å²) in [6, 6.07) is 19.3. The van der Waals surface area contributed by atoms with Crippen LogP contribution in [0.3, 0.4) is 0 Å². The molecule has 0 radical (unpaired) electrons. The number of aliphatic hydroxyl groups is 3. The van der Waals surface area contributed by atoms with Crippen molar-refractivity contribution in [2.45, 2.75) is 70.0 Å². The molecule has 14 nitrogen and oxygen atoms in total. The van der Waals surface area contributed by atoms with Gasteiger partial charge in [-0.3, -0.25) is 24.3 Å². The molecule has 15 heteroatoms. The first-order valence-corrected chi connectivity index (χ1v) is 17.4. The molecule has 1 aliphatic rings. The number of β-lactam (4-membered cyclic amide) rings is 1. The number of ether oxygens (including phenoxy) is 3. The number of carbonyl (C=O) groups is 4. The predicted molar refractivity (Wildman–Crippen MR) is 193 cm³/mol. The number of aliphatic hydroxyl groups excluding tert-OH is 2. The fraction of sp³-hybridized carbons (Fsp3) is 0.350. The second-order valence-corrected chi connectivity index (χ2v) is 13.2. The van der Waals surface area contributed by atoms with Crippen LogP contribution in [0.4, 0.5) is 10.1 Å². The minimum atomic E-state index is -2.29. The molecule has 2 heterocycles. The lowest BCUT2D eigenvalue weighted by Gasteiger charge is -2.48. The van der Waals surface area contributed by atoms with E-state index in [0.29, 0.717) is 34.6 Å². The summed E-state index contributed by atoms with van der Waals surface area (Å²) in [4.78, 5) is 54.3. The largest absolute Gasteiger partial charge is 0.463 e. The number of benzene rings is 3. The van der Waals surface area contributed by atoms with Gasteiger partial charge in [0.2, 0.25) is 11.7 Å². The number of hydrogen-bond acceptors (Lipinski definition) is 12. The van der Waals surface area contributed by atoms with E-state index in [9.17, 15) is 38.9 Å². The molecule has 0 saturated carbocycles. The maximum atomic E-state index is 13.9. The van der Waals surface area contributed by atoms with Gasteiger partial charge in [0, 0.05) is 38.4 Å². The summed E-state index contributed by atoms with van der Waals surface area (Å²) in [5, 5.41) is 39.3. The molecule has 5 atom stereocenters. The van der Waals surface area contributed by atoms with Crippen LogP contribution in [0.25, 0.3) is 0 Å². The van der Waals surface area contributed by atoms with Crippen LogP contribution in [0.1, 0.15) is 73.8 Å². The summed E-state index contributed by atoms with van der Waals surface area (Å²) in [6.07, 6.45) is -2.32. The van der Waals surface area contributed by atoms with Gasteiger partial charge >= 0.3 is 17.9 Å². The van der Waals surface area contributed by atoms with Crippen molar-refractivity contribution >= 4 is 29.5 Å². The van der Waals surface area contributed by atoms with E-state index in [1.807, 2.05) is 0 Å². The number of amides is 1. The quantitative estimate of drug-likeness (QED) is 0.0598. The standard InChI is InChI=1S/C40H41FN4O10/c1-24(46)53-21-40(52,22-54-25(2)47)38(50)34(49)20-28-4-9-30(10-5-28)37-33(17-18-35(55-26(3)48)29-11-13-31(41)14-12-29)39(51)45(37)32-15-6-27(7-16-32)8-19-36-42-23-43-44-36/h4-7,9-16,23,33-35,37-38,49-50,52H,17-18,20-22H2,1-3H3,(H,42,43,44)/t33?,34?,35-,37+,38?/m0/s1. The van der Waals surface area contributed by atoms with E-state index in [0.717, 1.165) is 19.4 Å². The highest BCUT2D eigenvalue weighted by Crippen LogP contribution is 2.46. The third kappa shape index (κ3) is 10.4. The van der Waals surface area contributed by atoms with Crippen molar-refractivity contribution in [3.63, 3.8) is 0 Å². The van der Waals surface area contributed by atoms with Gasteiger partial charge in [0.15, 0.2) is 5.60 Å². The summed E-state index contributed by atoms with van der Waals surface area (Å²) < 4.78 is 29.0. The lowest BCUT2D eigenvalue weighted by Crippen LogP contribution is -2.56. The lowest BCUT2D eigenvalue weighted by molar-refractivity contribution is -0.190. The zero-order chi connectivity index (χ0) is 39.7. The number of halogens is 1. The SMILES string of the molecule is CC(=O)OCC(O)(COC(C)=O)C(O)C(O)Cc1ccc([C@@H]2C(CC[C@H](OC(C)=O)c3ccc(F)cc3)C(=O)N2c2ccc(C#Cc3ncn[nH]3)cc2)cc1. The molecule has 3 aromatic carbocycles. The van der Waals surface area contributed by atoms with Gasteiger partial charge in [0.25, 0.3) is 0 Å². The molecule has 5 rings (SSSR count). The highest BCUT2D eigenvalue weighted by Gasteiger charge is 2.49. The highest BCUT2D eigenvalue weighted by molar-refractivity contribution is 6.03. The minimum Gasteiger partial charge on any atom is -0.463 e. The first-order valence-electron chi connectivity index (χ1n) is 17.4. The van der Waals surface area contributed by atoms with Gasteiger partial charge < -0.3 is 34.4 Å². The maximum absolute atomic E-state index is 13.9. The van der Waals surface area contributed by atoms with E-state index in [-0.39, 0.29) is 18.7 Å². The van der Waals surface area contributed by atoms with E-state index < -0.39 is 72.8 Å². The molecular weight excluding hydrogens is 715 g/mol. The van der Waals surface area contributed by atoms with Crippen molar-refractivity contribution in [3.8, 4) is 11.8 Å². The average molecular weight is 757 g/mol. The molecule has 1 amide bonds. The smallest absolute Gasteiger partial charge is 0.303 e. The third-order valence-electron chi connectivity index (χ3n) is 9.12. The van der Waals surface area contributed by atoms with Crippen LogP contribution in [0, 0.1) is 23.6 Å². The maximum Gasteiger partial charge on any atom is 0.303 e. The highest BCUT2D eigenvalue weighted by atomic mass is 19.1. The molecule has 4 aromatic rings. The average Bonchev–Trinajstić information content (AvgIpc) is 3.69. The number of rotatable bonds is 15. The first kappa shape index (κ1) is 40.2. The van der Waals surface area contributed by atoms with Gasteiger partial charge in [-0.2, -0.15) is 5.10 Å². The van der Waals surface area contributed by atoms with Crippen molar-refractivity contribution in [3.05, 3.63) is 113 Å². The second kappa shape index (κ2) is 17.9. The van der Waals surface area contributed by atoms with Crippen molar-refractivity contribution < 1.29 is 53.1 Å². The Morgan fingerprint density at radius 1 is 0.909 bits per heavy atom. The zero-order valence-corrected chi connectivity index (χ0v) is 30.3. The van der Waals surface area contributed by atoms with Crippen molar-refractivity contribution in [1.29, 1.82) is 0 Å². The summed E-state index contributed by atoms with van der Waals surface area (Å²) in [7, 11) is 0. The topological polar surface area (TPSA) is 201 Å². The van der Waals surface area contributed by atoms with Crippen LogP contribution in [-0.2, 0) is 39.8 Å². The minimum absolute atomic E-state index is 0.140. The molecule has 1 aliphatic heterocycles. The van der Waals surface area contributed by atoms with Gasteiger partial charge in [-0.25, -0.2) is 9.37 Å². The number of nitrogens with one attached hydrogen (secondary N) is 1. The lowest BCUT2D eigenvalue weighted by atomic mass is 9.78. The number of hydrogen-bond donors (Lipinski definition) is 4. The van der Waals surface area contributed by atoms with Crippen molar-refractivity contribution in [1.82, 2.24) is 15.2 Å². The number of H-pyrrole nitrogens is 1. The summed E-state index contributed by atoms with van der Waals surface area (Å²) in [5.41, 5.74) is 0.927. The number of aromatic nitrogens is 3. The van der Waals surface area contributed by atoms with Gasteiger partial charge in [0.1, 0.15) is 37.6 Å². The van der Waals surface area contributed by atoms with E-state index >= 15 is 0 Å². The molecule has 1 fully saturated rings. The molecule has 1 saturated heterocycles. The van der Waals surface area contributed by atoms with Crippen LogP contribution in [0.15, 0.2) is 79.1 Å². The van der Waals surface area contributed by atoms with Gasteiger partial charge in [-0.05, 0) is 71.9 Å². The number of anilines is 1. The number of carbonyl (C=O) groups excluding carboxylic acids is 4. The molecular formula is C40H41FN4O10. The van der Waals surface area contributed by atoms with Crippen LogP contribution in [0.5, 0.6) is 0 Å². The summed E-state index contributed by atoms with van der Waals surface area (Å²) >= 11 is 0. The van der Waals surface area contributed by atoms with Gasteiger partial charge in [0.05, 0.1) is 18.1 Å². The Morgan fingerprint density at radius 2 is 1.55 bits per heavy atom. The van der Waals surface area contributed by atoms with Gasteiger partial charge in [-0.1, -0.05) is 42.3 Å². The Balaban J connectivity index is 1.37. The van der Waals surface area contributed by atoms with Crippen LogP contribution < -0.4 is 4.90 Å². The summed E-state index contributed by atoms with van der Waals surface area (Å²) in [6.45, 7) is 2.04. The van der Waals surface area contributed by atoms with Crippen LogP contribution >= 0.6 is 0 Å². The summed E-state index contributed by atoms with van der Waals surface area (Å²) in [5.74, 6) is 3.15. The zero-order valence-electron chi connectivity index (χ0n) is 30.3. The second-order valence-electron chi connectivity index (χ2n) is 13.2. The Hall–Kier alpha value is -5.95. The Kier molecular flexibility index (Phi) is 13.1. The van der Waals surface area contributed by atoms with Crippen molar-refractivity contribution in [2.75, 3.05) is 18.1 Å². The molecule has 3 unspecified atom stereocenters. The predicted octanol–water partition coefficient (Wildman–Crippen LogP) is 3.25. The molecule has 0 bridgehead atoms. The molecule has 4 N–H and O–H groups in total. The first-order chi connectivity index (χ1) is 26.2. The number of aromatic amines is 1. The number of esters is 3. The fourth-order valence-electron chi connectivity index (χ4n) is 6.33. The Bertz CT molecular complexity index is 1990. The number of nitrogens with zero attached hydrogens (tertiary/aromatic N) is 3.